The number of nitrogens with zero attached hydrogens (tertiary/aromatic N) is 2. The predicted octanol–water partition coefficient (Wildman–Crippen LogP) is 7.04. The molecule has 0 spiro atoms. The Balaban J connectivity index is 2.64. The molecule has 30 heavy (non-hydrogen) atoms. The molecule has 1 heterocycles. The van der Waals surface area contributed by atoms with E-state index in [2.05, 4.69) is 44.2 Å². The van der Waals surface area contributed by atoms with Crippen molar-refractivity contribution in [3.05, 3.63) is 36.2 Å². The Morgan fingerprint density at radius 2 is 1.60 bits per heavy atom. The van der Waals surface area contributed by atoms with Crippen LogP contribution in [0.25, 0.3) is 0 Å². The lowest BCUT2D eigenvalue weighted by Gasteiger charge is -2.28. The minimum absolute atomic E-state index is 0.169. The number of carbonyl (C=O) groups excluding carboxylic acids is 1. The summed E-state index contributed by atoms with van der Waals surface area (Å²) >= 11 is 0. The van der Waals surface area contributed by atoms with Gasteiger partial charge in [-0.25, -0.2) is 4.79 Å². The van der Waals surface area contributed by atoms with E-state index in [9.17, 15) is 4.79 Å². The van der Waals surface area contributed by atoms with Crippen molar-refractivity contribution in [3.63, 3.8) is 0 Å². The highest BCUT2D eigenvalue weighted by molar-refractivity contribution is 5.83. The number of aromatic nitrogens is 1. The van der Waals surface area contributed by atoms with Gasteiger partial charge < -0.3 is 4.74 Å². The molecule has 4 heteroatoms. The second kappa shape index (κ2) is 16.1. The molecule has 0 saturated heterocycles. The average molecular weight is 417 g/mol. The summed E-state index contributed by atoms with van der Waals surface area (Å²) in [6.07, 6.45) is 16.9. The first-order valence-electron chi connectivity index (χ1n) is 12.1. The topological polar surface area (TPSA) is 42.4 Å². The second-order valence-electron chi connectivity index (χ2n) is 8.13. The third kappa shape index (κ3) is 9.42. The van der Waals surface area contributed by atoms with Crippen LogP contribution in [0.3, 0.4) is 0 Å². The van der Waals surface area contributed by atoms with E-state index >= 15 is 0 Å². The normalized spacial score (nSPS) is 12.2. The predicted molar refractivity (Wildman–Crippen MR) is 127 cm³/mol. The van der Waals surface area contributed by atoms with Gasteiger partial charge in [0.25, 0.3) is 0 Å². The molecule has 1 aromatic rings. The van der Waals surface area contributed by atoms with Gasteiger partial charge in [-0.15, -0.1) is 0 Å². The van der Waals surface area contributed by atoms with Crippen molar-refractivity contribution in [1.29, 1.82) is 0 Å². The van der Waals surface area contributed by atoms with Crippen molar-refractivity contribution in [2.24, 2.45) is 0 Å². The van der Waals surface area contributed by atoms with Crippen LogP contribution in [0, 0.1) is 0 Å². The fraction of sp³-hybridized carbons (Fsp3) is 0.692. The van der Waals surface area contributed by atoms with Crippen LogP contribution in [0.15, 0.2) is 24.9 Å². The molecule has 1 aromatic heterocycles. The summed E-state index contributed by atoms with van der Waals surface area (Å²) < 4.78 is 5.68. The molecule has 1 rings (SSSR count). The molecular formula is C26H44N2O2. The molecule has 0 amide bonds. The van der Waals surface area contributed by atoms with Gasteiger partial charge in [-0.1, -0.05) is 85.1 Å². The summed E-state index contributed by atoms with van der Waals surface area (Å²) in [5.74, 6) is 0.220. The average Bonchev–Trinajstić information content (AvgIpc) is 2.76. The maximum absolute atomic E-state index is 12.0. The minimum Gasteiger partial charge on any atom is -0.421 e. The third-order valence-corrected chi connectivity index (χ3v) is 5.96. The summed E-state index contributed by atoms with van der Waals surface area (Å²) in [5.41, 5.74) is 1.92. The quantitative estimate of drug-likeness (QED) is 0.155. The number of rotatable bonds is 17. The largest absolute Gasteiger partial charge is 0.421 e. The Morgan fingerprint density at radius 1 is 1.03 bits per heavy atom. The van der Waals surface area contributed by atoms with Crippen LogP contribution in [-0.2, 0) is 11.2 Å². The molecule has 0 aromatic carbocycles. The molecule has 4 nitrogen and oxygen atoms in total. The number of unbranched alkanes of at least 4 members (excludes halogenated alkanes) is 9. The molecule has 0 aliphatic carbocycles. The Labute approximate surface area is 185 Å². The van der Waals surface area contributed by atoms with Gasteiger partial charge in [0.2, 0.25) is 0 Å². The number of aryl methyl sites for hydroxylation is 1. The Morgan fingerprint density at radius 3 is 2.13 bits per heavy atom. The molecular weight excluding hydrogens is 372 g/mol. The lowest BCUT2D eigenvalue weighted by molar-refractivity contribution is -0.129. The Kier molecular flexibility index (Phi) is 14.1. The van der Waals surface area contributed by atoms with Gasteiger partial charge in [0.1, 0.15) is 0 Å². The van der Waals surface area contributed by atoms with Crippen LogP contribution < -0.4 is 4.74 Å². The molecule has 0 aliphatic rings. The standard InChI is InChI=1S/C26H44N2O2/c1-6-10-11-12-13-14-15-16-17-18-19-24-26(30-25(29)7-2)23(20-21-27-24)22(5)28(8-3)9-4/h7,20-22H,2,6,8-19H2,1,3-5H3. The van der Waals surface area contributed by atoms with E-state index in [0.717, 1.165) is 37.2 Å². The van der Waals surface area contributed by atoms with Gasteiger partial charge in [-0.3, -0.25) is 9.88 Å². The number of pyridine rings is 1. The van der Waals surface area contributed by atoms with E-state index in [1.165, 1.54) is 63.9 Å². The maximum atomic E-state index is 12.0. The summed E-state index contributed by atoms with van der Waals surface area (Å²) in [5, 5.41) is 0. The molecule has 0 fully saturated rings. The summed E-state index contributed by atoms with van der Waals surface area (Å²) in [4.78, 5) is 18.9. The van der Waals surface area contributed by atoms with Gasteiger partial charge in [-0.05, 0) is 38.9 Å². The number of hydrogen-bond donors (Lipinski definition) is 0. The second-order valence-corrected chi connectivity index (χ2v) is 8.13. The van der Waals surface area contributed by atoms with Crippen molar-refractivity contribution < 1.29 is 9.53 Å². The molecule has 0 bridgehead atoms. The number of esters is 1. The van der Waals surface area contributed by atoms with Crippen molar-refractivity contribution in [2.75, 3.05) is 13.1 Å². The highest BCUT2D eigenvalue weighted by Crippen LogP contribution is 2.32. The number of ether oxygens (including phenoxy) is 1. The number of carbonyl (C=O) groups is 1. The van der Waals surface area contributed by atoms with Gasteiger partial charge in [0.15, 0.2) is 5.75 Å². The van der Waals surface area contributed by atoms with Crippen LogP contribution in [-0.4, -0.2) is 28.9 Å². The number of hydrogen-bond acceptors (Lipinski definition) is 4. The fourth-order valence-corrected chi connectivity index (χ4v) is 4.02. The van der Waals surface area contributed by atoms with Crippen LogP contribution in [0.4, 0.5) is 0 Å². The van der Waals surface area contributed by atoms with Gasteiger partial charge in [0, 0.05) is 23.9 Å². The summed E-state index contributed by atoms with van der Waals surface area (Å²) in [6, 6.07) is 2.15. The lowest BCUT2D eigenvalue weighted by atomic mass is 10.0. The van der Waals surface area contributed by atoms with E-state index in [4.69, 9.17) is 4.74 Å². The van der Waals surface area contributed by atoms with Crippen molar-refractivity contribution in [2.45, 2.75) is 104 Å². The lowest BCUT2D eigenvalue weighted by Crippen LogP contribution is -2.27. The van der Waals surface area contributed by atoms with Crippen molar-refractivity contribution in [3.8, 4) is 5.75 Å². The van der Waals surface area contributed by atoms with Gasteiger partial charge in [0.05, 0.1) is 5.69 Å². The molecule has 1 unspecified atom stereocenters. The highest BCUT2D eigenvalue weighted by Gasteiger charge is 2.21. The zero-order valence-electron chi connectivity index (χ0n) is 19.9. The molecule has 0 N–H and O–H groups in total. The summed E-state index contributed by atoms with van der Waals surface area (Å²) in [7, 11) is 0. The molecule has 0 aliphatic heterocycles. The first-order valence-corrected chi connectivity index (χ1v) is 12.1. The smallest absolute Gasteiger partial charge is 0.335 e. The Bertz CT molecular complexity index is 611. The van der Waals surface area contributed by atoms with E-state index in [-0.39, 0.29) is 6.04 Å². The SMILES string of the molecule is C=CC(=O)Oc1c(C(C)N(CC)CC)ccnc1CCCCCCCCCCCC. The van der Waals surface area contributed by atoms with E-state index in [1.54, 1.807) is 0 Å². The van der Waals surface area contributed by atoms with Crippen molar-refractivity contribution in [1.82, 2.24) is 9.88 Å². The minimum atomic E-state index is -0.416. The molecule has 0 radical (unpaired) electrons. The first-order chi connectivity index (χ1) is 14.6. The van der Waals surface area contributed by atoms with Crippen LogP contribution in [0.1, 0.15) is 109 Å². The van der Waals surface area contributed by atoms with E-state index < -0.39 is 5.97 Å². The monoisotopic (exact) mass is 416 g/mol. The molecule has 0 saturated carbocycles. The molecule has 170 valence electrons. The molecule has 1 atom stereocenters. The van der Waals surface area contributed by atoms with E-state index in [0.29, 0.717) is 5.75 Å². The fourth-order valence-electron chi connectivity index (χ4n) is 4.02. The maximum Gasteiger partial charge on any atom is 0.335 e. The Hall–Kier alpha value is -1.68. The first kappa shape index (κ1) is 26.4. The van der Waals surface area contributed by atoms with Gasteiger partial charge in [-0.2, -0.15) is 0 Å². The zero-order valence-corrected chi connectivity index (χ0v) is 19.9. The zero-order chi connectivity index (χ0) is 22.2. The van der Waals surface area contributed by atoms with Gasteiger partial charge >= 0.3 is 5.97 Å². The van der Waals surface area contributed by atoms with Crippen LogP contribution in [0.2, 0.25) is 0 Å². The highest BCUT2D eigenvalue weighted by atomic mass is 16.5. The third-order valence-electron chi connectivity index (χ3n) is 5.96. The van der Waals surface area contributed by atoms with Crippen molar-refractivity contribution >= 4 is 5.97 Å². The summed E-state index contributed by atoms with van der Waals surface area (Å²) in [6.45, 7) is 14.2. The van der Waals surface area contributed by atoms with Crippen LogP contribution in [0.5, 0.6) is 5.75 Å². The van der Waals surface area contributed by atoms with E-state index in [1.807, 2.05) is 12.3 Å². The van der Waals surface area contributed by atoms with Crippen LogP contribution >= 0.6 is 0 Å².